The van der Waals surface area contributed by atoms with Gasteiger partial charge in [0.1, 0.15) is 6.10 Å². The maximum absolute atomic E-state index is 5.45. The van der Waals surface area contributed by atoms with E-state index in [0.717, 1.165) is 32.1 Å². The van der Waals surface area contributed by atoms with Crippen molar-refractivity contribution in [3.05, 3.63) is 11.7 Å². The molecule has 1 aromatic heterocycles. The van der Waals surface area contributed by atoms with Crippen molar-refractivity contribution in [3.63, 3.8) is 0 Å². The van der Waals surface area contributed by atoms with Crippen molar-refractivity contribution in [2.24, 2.45) is 10.9 Å². The highest BCUT2D eigenvalue weighted by atomic mass is 16.5. The van der Waals surface area contributed by atoms with E-state index in [1.54, 1.807) is 14.2 Å². The fourth-order valence-electron chi connectivity index (χ4n) is 2.71. The summed E-state index contributed by atoms with van der Waals surface area (Å²) in [6.45, 7) is 7.63. The van der Waals surface area contributed by atoms with Crippen molar-refractivity contribution in [3.8, 4) is 0 Å². The van der Waals surface area contributed by atoms with Gasteiger partial charge in [0.25, 0.3) is 0 Å². The van der Waals surface area contributed by atoms with Crippen LogP contribution in [0.5, 0.6) is 0 Å². The number of guanidine groups is 1. The van der Waals surface area contributed by atoms with Crippen LogP contribution in [0.1, 0.15) is 38.1 Å². The fraction of sp³-hybridized carbons (Fsp3) is 0.800. The van der Waals surface area contributed by atoms with Gasteiger partial charge in [-0.2, -0.15) is 4.98 Å². The standard InChI is InChI=1S/C15H27N5O3/c1-5-22-11(2)14-18-13(23-19-14)8-17-15(16-3)20-7-6-12(9-20)10-21-4/h11-12H,5-10H2,1-4H3,(H,16,17). The second kappa shape index (κ2) is 8.83. The molecule has 130 valence electrons. The number of nitrogens with one attached hydrogen (secondary N) is 1. The number of aliphatic imine (C=N–C) groups is 1. The molecule has 23 heavy (non-hydrogen) atoms. The van der Waals surface area contributed by atoms with Gasteiger partial charge in [-0.25, -0.2) is 0 Å². The van der Waals surface area contributed by atoms with Gasteiger partial charge in [-0.1, -0.05) is 5.16 Å². The predicted molar refractivity (Wildman–Crippen MR) is 86.1 cm³/mol. The molecule has 8 nitrogen and oxygen atoms in total. The molecule has 1 saturated heterocycles. The van der Waals surface area contributed by atoms with Gasteiger partial charge in [0.2, 0.25) is 5.89 Å². The zero-order valence-electron chi connectivity index (χ0n) is 14.4. The maximum atomic E-state index is 5.45. The van der Waals surface area contributed by atoms with E-state index in [0.29, 0.717) is 30.8 Å². The fourth-order valence-corrected chi connectivity index (χ4v) is 2.71. The highest BCUT2D eigenvalue weighted by Crippen LogP contribution is 2.16. The lowest BCUT2D eigenvalue weighted by Crippen LogP contribution is -2.39. The van der Waals surface area contributed by atoms with E-state index in [-0.39, 0.29) is 6.10 Å². The third-order valence-electron chi connectivity index (χ3n) is 3.86. The first-order valence-corrected chi connectivity index (χ1v) is 8.06. The lowest BCUT2D eigenvalue weighted by Gasteiger charge is -2.20. The van der Waals surface area contributed by atoms with E-state index in [1.807, 2.05) is 13.8 Å². The summed E-state index contributed by atoms with van der Waals surface area (Å²) in [4.78, 5) is 10.9. The van der Waals surface area contributed by atoms with Crippen LogP contribution in [-0.4, -0.2) is 61.5 Å². The number of methoxy groups -OCH3 is 1. The second-order valence-electron chi connectivity index (χ2n) is 5.60. The van der Waals surface area contributed by atoms with Crippen LogP contribution in [-0.2, 0) is 16.0 Å². The van der Waals surface area contributed by atoms with Crippen molar-refractivity contribution in [1.29, 1.82) is 0 Å². The average Bonchev–Trinajstić information content (AvgIpc) is 3.18. The molecule has 2 rings (SSSR count). The summed E-state index contributed by atoms with van der Waals surface area (Å²) in [6.07, 6.45) is 0.954. The van der Waals surface area contributed by atoms with Gasteiger partial charge in [-0.3, -0.25) is 4.99 Å². The lowest BCUT2D eigenvalue weighted by molar-refractivity contribution is 0.0683. The molecule has 0 aromatic carbocycles. The maximum Gasteiger partial charge on any atom is 0.246 e. The van der Waals surface area contributed by atoms with Crippen LogP contribution in [0.4, 0.5) is 0 Å². The Hall–Kier alpha value is -1.67. The molecule has 1 N–H and O–H groups in total. The Morgan fingerprint density at radius 3 is 3.09 bits per heavy atom. The molecule has 0 spiro atoms. The molecule has 1 aliphatic rings. The van der Waals surface area contributed by atoms with E-state index in [4.69, 9.17) is 14.0 Å². The Balaban J connectivity index is 1.84. The van der Waals surface area contributed by atoms with Crippen molar-refractivity contribution < 1.29 is 14.0 Å². The van der Waals surface area contributed by atoms with Crippen molar-refractivity contribution >= 4 is 5.96 Å². The Morgan fingerprint density at radius 2 is 2.39 bits per heavy atom. The van der Waals surface area contributed by atoms with E-state index in [2.05, 4.69) is 25.3 Å². The average molecular weight is 325 g/mol. The first-order chi connectivity index (χ1) is 11.2. The largest absolute Gasteiger partial charge is 0.384 e. The van der Waals surface area contributed by atoms with E-state index < -0.39 is 0 Å². The van der Waals surface area contributed by atoms with Gasteiger partial charge in [0.05, 0.1) is 13.2 Å². The van der Waals surface area contributed by atoms with E-state index in [9.17, 15) is 0 Å². The zero-order chi connectivity index (χ0) is 16.7. The summed E-state index contributed by atoms with van der Waals surface area (Å²) < 4.78 is 15.9. The smallest absolute Gasteiger partial charge is 0.246 e. The number of aromatic nitrogens is 2. The summed E-state index contributed by atoms with van der Waals surface area (Å²) in [5, 5.41) is 7.22. The molecule has 0 aliphatic carbocycles. The topological polar surface area (TPSA) is 85.0 Å². The quantitative estimate of drug-likeness (QED) is 0.596. The predicted octanol–water partition coefficient (Wildman–Crippen LogP) is 1.21. The third kappa shape index (κ3) is 4.90. The van der Waals surface area contributed by atoms with Gasteiger partial charge in [0.15, 0.2) is 11.8 Å². The van der Waals surface area contributed by atoms with Gasteiger partial charge < -0.3 is 24.2 Å². The first kappa shape index (κ1) is 17.7. The van der Waals surface area contributed by atoms with Gasteiger partial charge in [0, 0.05) is 39.8 Å². The minimum Gasteiger partial charge on any atom is -0.384 e. The Labute approximate surface area is 137 Å². The minimum absolute atomic E-state index is 0.162. The molecule has 0 radical (unpaired) electrons. The minimum atomic E-state index is -0.162. The summed E-state index contributed by atoms with van der Waals surface area (Å²) in [5.74, 6) is 2.50. The number of rotatable bonds is 7. The summed E-state index contributed by atoms with van der Waals surface area (Å²) in [7, 11) is 3.52. The molecule has 0 saturated carbocycles. The molecule has 1 fully saturated rings. The Bertz CT molecular complexity index is 505. The summed E-state index contributed by atoms with van der Waals surface area (Å²) >= 11 is 0. The molecule has 2 atom stereocenters. The van der Waals surface area contributed by atoms with Crippen molar-refractivity contribution in [2.45, 2.75) is 32.9 Å². The third-order valence-corrected chi connectivity index (χ3v) is 3.86. The first-order valence-electron chi connectivity index (χ1n) is 8.06. The molecule has 0 amide bonds. The van der Waals surface area contributed by atoms with E-state index in [1.165, 1.54) is 0 Å². The van der Waals surface area contributed by atoms with Crippen LogP contribution in [0, 0.1) is 5.92 Å². The highest BCUT2D eigenvalue weighted by molar-refractivity contribution is 5.80. The molecule has 0 bridgehead atoms. The molecule has 2 heterocycles. The molecular formula is C15H27N5O3. The van der Waals surface area contributed by atoms with Crippen molar-refractivity contribution in [2.75, 3.05) is 40.5 Å². The second-order valence-corrected chi connectivity index (χ2v) is 5.60. The highest BCUT2D eigenvalue weighted by Gasteiger charge is 2.25. The number of ether oxygens (including phenoxy) is 2. The van der Waals surface area contributed by atoms with Crippen molar-refractivity contribution in [1.82, 2.24) is 20.4 Å². The van der Waals surface area contributed by atoms with E-state index >= 15 is 0 Å². The normalized spacial score (nSPS) is 20.1. The number of hydrogen-bond donors (Lipinski definition) is 1. The summed E-state index contributed by atoms with van der Waals surface area (Å²) in [5.41, 5.74) is 0. The Kier molecular flexibility index (Phi) is 6.79. The number of nitrogens with zero attached hydrogens (tertiary/aromatic N) is 4. The van der Waals surface area contributed by atoms with Crippen LogP contribution in [0.2, 0.25) is 0 Å². The molecule has 2 unspecified atom stereocenters. The van der Waals surface area contributed by atoms with Crippen LogP contribution in [0.25, 0.3) is 0 Å². The van der Waals surface area contributed by atoms with Crippen LogP contribution in [0.3, 0.4) is 0 Å². The zero-order valence-corrected chi connectivity index (χ0v) is 14.4. The monoisotopic (exact) mass is 325 g/mol. The molecule has 1 aromatic rings. The van der Waals surface area contributed by atoms with Gasteiger partial charge in [-0.05, 0) is 20.3 Å². The number of hydrogen-bond acceptors (Lipinski definition) is 6. The Morgan fingerprint density at radius 1 is 1.57 bits per heavy atom. The van der Waals surface area contributed by atoms with Crippen LogP contribution < -0.4 is 5.32 Å². The molecule has 1 aliphatic heterocycles. The van der Waals surface area contributed by atoms with Crippen LogP contribution in [0.15, 0.2) is 9.52 Å². The SMILES string of the molecule is CCOC(C)c1noc(CNC(=NC)N2CCC(COC)C2)n1. The summed E-state index contributed by atoms with van der Waals surface area (Å²) in [6, 6.07) is 0. The van der Waals surface area contributed by atoms with Gasteiger partial charge in [-0.15, -0.1) is 0 Å². The lowest BCUT2D eigenvalue weighted by atomic mass is 10.1. The van der Waals surface area contributed by atoms with Gasteiger partial charge >= 0.3 is 0 Å². The van der Waals surface area contributed by atoms with Crippen LogP contribution >= 0.6 is 0 Å². The molecular weight excluding hydrogens is 298 g/mol. The molecule has 8 heteroatoms. The number of likely N-dealkylation sites (tertiary alicyclic amines) is 1.